The van der Waals surface area contributed by atoms with Gasteiger partial charge >= 0.3 is 106 Å². The van der Waals surface area contributed by atoms with Gasteiger partial charge in [-0.15, -0.1) is 39.3 Å². The fourth-order valence-electron chi connectivity index (χ4n) is 2.43. The molecule has 0 saturated heterocycles. The van der Waals surface area contributed by atoms with Crippen LogP contribution in [0.3, 0.4) is 0 Å². The summed E-state index contributed by atoms with van der Waals surface area (Å²) in [7, 11) is 0. The summed E-state index contributed by atoms with van der Waals surface area (Å²) in [4.78, 5) is 0. The maximum atomic E-state index is 12.1. The van der Waals surface area contributed by atoms with Crippen molar-refractivity contribution in [2.45, 2.75) is 90.1 Å². The molecule has 0 radical (unpaired) electrons. The van der Waals surface area contributed by atoms with Crippen LogP contribution in [0.1, 0.15) is 80.1 Å². The van der Waals surface area contributed by atoms with Crippen LogP contribution in [-0.4, -0.2) is 63.6 Å². The molecular formula is C25H47F6GeN3Zr. The molecule has 0 aliphatic rings. The molecule has 36 heavy (non-hydrogen) atoms. The Bertz CT molecular complexity index is 465. The van der Waals surface area contributed by atoms with Crippen molar-refractivity contribution < 1.29 is 52.5 Å². The molecule has 0 aliphatic carbocycles. The number of hydrogen-bond donors (Lipinski definition) is 0. The molecule has 0 bridgehead atoms. The monoisotopic (exact) mass is 667 g/mol. The van der Waals surface area contributed by atoms with Gasteiger partial charge < -0.3 is 16.0 Å². The van der Waals surface area contributed by atoms with Crippen LogP contribution >= 0.6 is 0 Å². The van der Waals surface area contributed by atoms with Gasteiger partial charge in [0.15, 0.2) is 0 Å². The SMILES string of the molecule is CCC[N-]CCC.CCC[N-]CCC.CCC[N-]CCC.F[C](F)(F)[GeH]([c-]1cccc1)[C](F)(F)F.[Zr+4]. The van der Waals surface area contributed by atoms with E-state index < -0.39 is 28.8 Å². The Hall–Kier alpha value is 0.236. The standard InChI is InChI=1S/C7H5F6Ge.3C6H14N.Zr/c8-6(9,10)14(7(11,12)13)5-3-1-2-4-5;3*1-3-5-7-6-4-2;/h1-4,14H;3*3-6H2,1-2H3;/q4*-1;+4. The van der Waals surface area contributed by atoms with E-state index in [4.69, 9.17) is 0 Å². The Balaban J connectivity index is -0.000000201. The van der Waals surface area contributed by atoms with Gasteiger partial charge in [-0.2, -0.15) is 0 Å². The summed E-state index contributed by atoms with van der Waals surface area (Å²) in [5.74, 6) is 0. The summed E-state index contributed by atoms with van der Waals surface area (Å²) in [5.41, 5.74) is 0. The van der Waals surface area contributed by atoms with E-state index >= 15 is 0 Å². The molecule has 0 heterocycles. The third-order valence-corrected chi connectivity index (χ3v) is 8.92. The van der Waals surface area contributed by atoms with Crippen LogP contribution in [0.15, 0.2) is 24.3 Å². The fourth-order valence-corrected chi connectivity index (χ4v) is 6.07. The van der Waals surface area contributed by atoms with Crippen molar-refractivity contribution in [1.82, 2.24) is 0 Å². The minimum atomic E-state index is -5.46. The van der Waals surface area contributed by atoms with Gasteiger partial charge in [0.25, 0.3) is 0 Å². The minimum absolute atomic E-state index is 0. The number of nitrogens with zero attached hydrogens (tertiary/aromatic N) is 3. The Morgan fingerprint density at radius 3 is 0.917 bits per heavy atom. The largest absolute Gasteiger partial charge is 4.00 e. The first-order valence-electron chi connectivity index (χ1n) is 12.7. The van der Waals surface area contributed by atoms with E-state index in [2.05, 4.69) is 57.5 Å². The van der Waals surface area contributed by atoms with E-state index in [0.29, 0.717) is 0 Å². The molecule has 0 fully saturated rings. The number of rotatable bonds is 13. The average Bonchev–Trinajstić information content (AvgIpc) is 3.28. The van der Waals surface area contributed by atoms with Crippen molar-refractivity contribution >= 4 is 18.7 Å². The molecule has 0 unspecified atom stereocenters. The topological polar surface area (TPSA) is 42.3 Å². The van der Waals surface area contributed by atoms with Crippen LogP contribution in [0, 0.1) is 0 Å². The second-order valence-electron chi connectivity index (χ2n) is 7.75. The number of hydrogen-bond acceptors (Lipinski definition) is 0. The van der Waals surface area contributed by atoms with Gasteiger partial charge in [0.2, 0.25) is 0 Å². The van der Waals surface area contributed by atoms with E-state index in [-0.39, 0.29) is 26.2 Å². The quantitative estimate of drug-likeness (QED) is 0.0876. The molecule has 0 amide bonds. The Labute approximate surface area is 239 Å². The summed E-state index contributed by atoms with van der Waals surface area (Å²) < 4.78 is 72.3. The third-order valence-electron chi connectivity index (χ3n) is 3.97. The molecule has 1 rings (SSSR count). The zero-order chi connectivity index (χ0) is 27.6. The van der Waals surface area contributed by atoms with Gasteiger partial charge in [-0.1, -0.05) is 80.1 Å². The molecule has 11 heteroatoms. The molecule has 0 atom stereocenters. The number of alkyl halides is 6. The van der Waals surface area contributed by atoms with E-state index in [1.54, 1.807) is 0 Å². The van der Waals surface area contributed by atoms with E-state index in [1.165, 1.54) is 50.7 Å². The first-order valence-corrected chi connectivity index (χ1v) is 16.4. The maximum absolute atomic E-state index is 12.1. The van der Waals surface area contributed by atoms with E-state index in [9.17, 15) is 26.3 Å². The van der Waals surface area contributed by atoms with Gasteiger partial charge in [0, 0.05) is 0 Å². The van der Waals surface area contributed by atoms with E-state index in [1.807, 2.05) is 0 Å². The predicted molar refractivity (Wildman–Crippen MR) is 142 cm³/mol. The van der Waals surface area contributed by atoms with Crippen LogP contribution in [0.5, 0.6) is 0 Å². The normalized spacial score (nSPS) is 10.8. The summed E-state index contributed by atoms with van der Waals surface area (Å²) in [5, 5.41) is 2.40. The molecule has 3 nitrogen and oxygen atoms in total. The van der Waals surface area contributed by atoms with Crippen molar-refractivity contribution in [3.63, 3.8) is 0 Å². The summed E-state index contributed by atoms with van der Waals surface area (Å²) in [6, 6.07) is 4.16. The third kappa shape index (κ3) is 30.5. The van der Waals surface area contributed by atoms with Crippen LogP contribution in [0.25, 0.3) is 16.0 Å². The van der Waals surface area contributed by atoms with Crippen molar-refractivity contribution in [2.75, 3.05) is 39.3 Å². The van der Waals surface area contributed by atoms with Crippen LogP contribution < -0.4 is 4.40 Å². The Morgan fingerprint density at radius 2 is 0.750 bits per heavy atom. The zero-order valence-electron chi connectivity index (χ0n) is 23.0. The van der Waals surface area contributed by atoms with Gasteiger partial charge in [-0.25, -0.2) is 0 Å². The minimum Gasteiger partial charge on any atom is 4.00 e. The smallest absolute Gasteiger partial charge is 4.00 e. The zero-order valence-corrected chi connectivity index (χ0v) is 27.9. The summed E-state index contributed by atoms with van der Waals surface area (Å²) >= 11 is -5.46. The second-order valence-corrected chi connectivity index (χ2v) is 13.7. The molecule has 0 N–H and O–H groups in total. The second kappa shape index (κ2) is 29.8. The van der Waals surface area contributed by atoms with Crippen LogP contribution in [0.2, 0.25) is 0 Å². The van der Waals surface area contributed by atoms with Crippen LogP contribution in [-0.2, 0) is 26.2 Å². The molecule has 0 aliphatic heterocycles. The summed E-state index contributed by atoms with van der Waals surface area (Å²) in [6.07, 6.45) is 7.17. The molecule has 0 aromatic heterocycles. The molecule has 0 saturated carbocycles. The van der Waals surface area contributed by atoms with Gasteiger partial charge in [0.05, 0.1) is 0 Å². The van der Waals surface area contributed by atoms with Crippen molar-refractivity contribution in [1.29, 1.82) is 0 Å². The van der Waals surface area contributed by atoms with E-state index in [0.717, 1.165) is 51.4 Å². The van der Waals surface area contributed by atoms with Crippen LogP contribution in [0.4, 0.5) is 26.3 Å². The molecule has 0 spiro atoms. The molecular weight excluding hydrogens is 620 g/mol. The fraction of sp³-hybridized carbons (Fsp3) is 0.800. The van der Waals surface area contributed by atoms with Crippen molar-refractivity contribution in [3.05, 3.63) is 40.2 Å². The molecule has 1 aromatic rings. The Morgan fingerprint density at radius 1 is 0.528 bits per heavy atom. The maximum Gasteiger partial charge on any atom is 4.00 e. The van der Waals surface area contributed by atoms with Gasteiger partial charge in [-0.3, -0.25) is 0 Å². The average molecular weight is 667 g/mol. The first kappa shape index (κ1) is 43.3. The van der Waals surface area contributed by atoms with Gasteiger partial charge in [0.1, 0.15) is 0 Å². The van der Waals surface area contributed by atoms with Gasteiger partial charge in [-0.05, 0) is 0 Å². The predicted octanol–water partition coefficient (Wildman–Crippen LogP) is 8.58. The number of halogens is 6. The first-order chi connectivity index (χ1) is 16.5. The van der Waals surface area contributed by atoms with Crippen molar-refractivity contribution in [3.8, 4) is 0 Å². The molecule has 1 aromatic carbocycles. The van der Waals surface area contributed by atoms with Crippen molar-refractivity contribution in [2.24, 2.45) is 0 Å². The molecule has 212 valence electrons. The Kier molecular flexibility index (Phi) is 35.8. The summed E-state index contributed by atoms with van der Waals surface area (Å²) in [6.45, 7) is 19.2.